The third kappa shape index (κ3) is 11.1. The molecule has 1 heterocycles. The minimum atomic E-state index is -1.28. The van der Waals surface area contributed by atoms with Crippen molar-refractivity contribution in [1.29, 1.82) is 0 Å². The second-order valence-electron chi connectivity index (χ2n) is 10.8. The zero-order valence-electron chi connectivity index (χ0n) is 24.5. The molecule has 0 amide bonds. The predicted octanol–water partition coefficient (Wildman–Crippen LogP) is 8.39. The van der Waals surface area contributed by atoms with Crippen LogP contribution in [-0.2, 0) is 34.8 Å². The molecule has 1 saturated heterocycles. The van der Waals surface area contributed by atoms with Gasteiger partial charge in [-0.25, -0.2) is 9.59 Å². The molecule has 0 N–H and O–H groups in total. The van der Waals surface area contributed by atoms with E-state index in [1.54, 1.807) is 0 Å². The van der Waals surface area contributed by atoms with Crippen molar-refractivity contribution >= 4 is 12.3 Å². The Morgan fingerprint density at radius 3 is 1.93 bits per heavy atom. The predicted molar refractivity (Wildman–Crippen MR) is 151 cm³/mol. The van der Waals surface area contributed by atoms with E-state index in [9.17, 15) is 9.59 Å². The summed E-state index contributed by atoms with van der Waals surface area (Å²) in [5.74, 6) is 1.66. The Labute approximate surface area is 239 Å². The van der Waals surface area contributed by atoms with E-state index in [2.05, 4.69) is 19.1 Å². The van der Waals surface area contributed by atoms with Gasteiger partial charge in [0, 0.05) is 5.56 Å². The molecule has 0 spiro atoms. The topological polar surface area (TPSA) is 89.5 Å². The second-order valence-corrected chi connectivity index (χ2v) is 10.8. The SMILES string of the molecule is CCCCOC(=O)O[C@H]1OC(c2ccc(CC/C=C/C3CCC(CCC)CC3)cc2)O[C@@H]1OC(=O)OCCCC. The van der Waals surface area contributed by atoms with E-state index in [0.717, 1.165) is 43.1 Å². The monoisotopic (exact) mass is 560 g/mol. The summed E-state index contributed by atoms with van der Waals surface area (Å²) in [7, 11) is 0. The number of benzene rings is 1. The fourth-order valence-electron chi connectivity index (χ4n) is 5.04. The fraction of sp³-hybridized carbons (Fsp3) is 0.688. The average molecular weight is 561 g/mol. The van der Waals surface area contributed by atoms with Crippen LogP contribution in [0, 0.1) is 11.8 Å². The molecule has 8 heteroatoms. The molecule has 0 radical (unpaired) electrons. The molecular weight excluding hydrogens is 512 g/mol. The van der Waals surface area contributed by atoms with Crippen molar-refractivity contribution in [2.24, 2.45) is 11.8 Å². The van der Waals surface area contributed by atoms with Crippen molar-refractivity contribution in [3.63, 3.8) is 0 Å². The van der Waals surface area contributed by atoms with Gasteiger partial charge in [-0.2, -0.15) is 0 Å². The molecule has 0 bridgehead atoms. The summed E-state index contributed by atoms with van der Waals surface area (Å²) in [6.07, 6.45) is 12.7. The average Bonchev–Trinajstić information content (AvgIpc) is 3.34. The number of hydrogen-bond donors (Lipinski definition) is 0. The van der Waals surface area contributed by atoms with Crippen LogP contribution in [0.4, 0.5) is 9.59 Å². The maximum Gasteiger partial charge on any atom is 0.510 e. The van der Waals surface area contributed by atoms with Gasteiger partial charge in [-0.1, -0.05) is 82.9 Å². The van der Waals surface area contributed by atoms with E-state index in [0.29, 0.717) is 12.8 Å². The van der Waals surface area contributed by atoms with Gasteiger partial charge in [0.1, 0.15) is 0 Å². The zero-order valence-corrected chi connectivity index (χ0v) is 24.5. The van der Waals surface area contributed by atoms with Crippen LogP contribution in [0.25, 0.3) is 0 Å². The normalized spacial score (nSPS) is 23.3. The standard InChI is InChI=1S/C32H48O8/c1-4-7-22-35-31(33)39-29-30(40-32(34)36-23-8-5-2)38-28(37-29)27-20-18-26(19-21-27)13-10-9-12-25-16-14-24(11-6-3)15-17-25/h9,12,18-21,24-25,28-30H,4-8,10-11,13-17,22-23H2,1-3H3/b12-9+/t24?,25?,29-,30-/m1/s1. The maximum absolute atomic E-state index is 12.1. The molecule has 224 valence electrons. The van der Waals surface area contributed by atoms with Crippen LogP contribution in [0.1, 0.15) is 109 Å². The minimum absolute atomic E-state index is 0.230. The molecular formula is C32H48O8. The lowest BCUT2D eigenvalue weighted by Crippen LogP contribution is -2.33. The van der Waals surface area contributed by atoms with Gasteiger partial charge < -0.3 is 28.4 Å². The van der Waals surface area contributed by atoms with Crippen LogP contribution in [0.5, 0.6) is 0 Å². The molecule has 1 aromatic carbocycles. The van der Waals surface area contributed by atoms with E-state index < -0.39 is 31.2 Å². The van der Waals surface area contributed by atoms with Crippen molar-refractivity contribution in [3.05, 3.63) is 47.5 Å². The fourth-order valence-corrected chi connectivity index (χ4v) is 5.04. The van der Waals surface area contributed by atoms with Gasteiger partial charge in [0.25, 0.3) is 12.6 Å². The molecule has 2 atom stereocenters. The number of allylic oxidation sites excluding steroid dienone is 2. The summed E-state index contributed by atoms with van der Waals surface area (Å²) >= 11 is 0. The Morgan fingerprint density at radius 1 is 0.825 bits per heavy atom. The van der Waals surface area contributed by atoms with Gasteiger partial charge >= 0.3 is 12.3 Å². The Balaban J connectivity index is 1.49. The van der Waals surface area contributed by atoms with Crippen LogP contribution in [0.2, 0.25) is 0 Å². The molecule has 8 nitrogen and oxygen atoms in total. The van der Waals surface area contributed by atoms with Crippen molar-refractivity contribution in [2.45, 2.75) is 117 Å². The second kappa shape index (κ2) is 18.0. The number of hydrogen-bond acceptors (Lipinski definition) is 8. The van der Waals surface area contributed by atoms with Crippen molar-refractivity contribution in [1.82, 2.24) is 0 Å². The third-order valence-electron chi connectivity index (χ3n) is 7.45. The van der Waals surface area contributed by atoms with Gasteiger partial charge in [-0.05, 0) is 68.8 Å². The summed E-state index contributed by atoms with van der Waals surface area (Å²) in [6.45, 7) is 6.72. The summed E-state index contributed by atoms with van der Waals surface area (Å²) in [5, 5.41) is 0. The van der Waals surface area contributed by atoms with Crippen LogP contribution in [-0.4, -0.2) is 38.1 Å². The van der Waals surface area contributed by atoms with Crippen LogP contribution >= 0.6 is 0 Å². The summed E-state index contributed by atoms with van der Waals surface area (Å²) in [4.78, 5) is 24.2. The highest BCUT2D eigenvalue weighted by Gasteiger charge is 2.43. The lowest BCUT2D eigenvalue weighted by molar-refractivity contribution is -0.159. The van der Waals surface area contributed by atoms with E-state index >= 15 is 0 Å². The summed E-state index contributed by atoms with van der Waals surface area (Å²) in [6, 6.07) is 7.90. The number of rotatable bonds is 15. The van der Waals surface area contributed by atoms with Gasteiger partial charge in [0.05, 0.1) is 13.2 Å². The van der Waals surface area contributed by atoms with E-state index in [1.165, 1.54) is 44.1 Å². The first kappa shape index (κ1) is 31.9. The molecule has 40 heavy (non-hydrogen) atoms. The van der Waals surface area contributed by atoms with Crippen LogP contribution < -0.4 is 0 Å². The first-order valence-corrected chi connectivity index (χ1v) is 15.3. The third-order valence-corrected chi connectivity index (χ3v) is 7.45. The highest BCUT2D eigenvalue weighted by Crippen LogP contribution is 2.34. The van der Waals surface area contributed by atoms with Crippen molar-refractivity contribution in [3.8, 4) is 0 Å². The van der Waals surface area contributed by atoms with E-state index in [1.807, 2.05) is 38.1 Å². The molecule has 0 unspecified atom stereocenters. The van der Waals surface area contributed by atoms with Gasteiger partial charge in [-0.15, -0.1) is 0 Å². The molecule has 1 aromatic rings. The van der Waals surface area contributed by atoms with Crippen molar-refractivity contribution in [2.75, 3.05) is 13.2 Å². The van der Waals surface area contributed by atoms with Crippen molar-refractivity contribution < 1.29 is 38.0 Å². The number of unbranched alkanes of at least 4 members (excludes halogenated alkanes) is 2. The molecule has 2 aliphatic rings. The quantitative estimate of drug-likeness (QED) is 0.120. The molecule has 3 rings (SSSR count). The van der Waals surface area contributed by atoms with Gasteiger partial charge in [0.2, 0.25) is 0 Å². The van der Waals surface area contributed by atoms with Crippen LogP contribution in [0.15, 0.2) is 36.4 Å². The number of carbonyl (C=O) groups is 2. The summed E-state index contributed by atoms with van der Waals surface area (Å²) in [5.41, 5.74) is 1.93. The first-order valence-electron chi connectivity index (χ1n) is 15.3. The molecule has 1 saturated carbocycles. The highest BCUT2D eigenvalue weighted by atomic mass is 16.9. The van der Waals surface area contributed by atoms with Gasteiger partial charge in [0.15, 0.2) is 6.29 Å². The Hall–Kier alpha value is -2.58. The van der Waals surface area contributed by atoms with Crippen LogP contribution in [0.3, 0.4) is 0 Å². The number of ether oxygens (including phenoxy) is 6. The largest absolute Gasteiger partial charge is 0.510 e. The van der Waals surface area contributed by atoms with Gasteiger partial charge in [-0.3, -0.25) is 0 Å². The number of aryl methyl sites for hydroxylation is 1. The Bertz CT molecular complexity index is 859. The zero-order chi connectivity index (χ0) is 28.6. The molecule has 1 aliphatic carbocycles. The van der Waals surface area contributed by atoms with E-state index in [4.69, 9.17) is 28.4 Å². The number of carbonyl (C=O) groups excluding carboxylic acids is 2. The Kier molecular flexibility index (Phi) is 14.4. The lowest BCUT2D eigenvalue weighted by Gasteiger charge is -2.26. The minimum Gasteiger partial charge on any atom is -0.434 e. The summed E-state index contributed by atoms with van der Waals surface area (Å²) < 4.78 is 32.2. The van der Waals surface area contributed by atoms with E-state index in [-0.39, 0.29) is 13.2 Å². The smallest absolute Gasteiger partial charge is 0.434 e. The molecule has 2 fully saturated rings. The Morgan fingerprint density at radius 2 is 1.40 bits per heavy atom. The lowest BCUT2D eigenvalue weighted by atomic mass is 9.80. The molecule has 1 aliphatic heterocycles. The first-order chi connectivity index (χ1) is 19.5. The maximum atomic E-state index is 12.1. The highest BCUT2D eigenvalue weighted by molar-refractivity contribution is 5.61. The molecule has 0 aromatic heterocycles.